The molecule has 228 valence electrons. The molecular formula is C43H31N4S+. The van der Waals surface area contributed by atoms with Crippen LogP contribution in [-0.2, 0) is 0 Å². The number of fused-ring (bicyclic) bond motifs is 4. The monoisotopic (exact) mass is 635 g/mol. The Balaban J connectivity index is 1.27. The second-order valence-electron chi connectivity index (χ2n) is 12.5. The fourth-order valence-electron chi connectivity index (χ4n) is 6.84. The van der Waals surface area contributed by atoms with Crippen LogP contribution in [0.5, 0.6) is 0 Å². The van der Waals surface area contributed by atoms with Crippen LogP contribution in [0.2, 0.25) is 0 Å². The highest BCUT2D eigenvalue weighted by Crippen LogP contribution is 2.38. The van der Waals surface area contributed by atoms with Crippen molar-refractivity contribution in [3.63, 3.8) is 0 Å². The van der Waals surface area contributed by atoms with E-state index in [0.717, 1.165) is 44.0 Å². The minimum absolute atomic E-state index is 0.184. The summed E-state index contributed by atoms with van der Waals surface area (Å²) in [4.78, 5) is 21.2. The first-order valence-electron chi connectivity index (χ1n) is 16.3. The van der Waals surface area contributed by atoms with Crippen molar-refractivity contribution in [2.24, 2.45) is 5.92 Å². The molecule has 0 saturated heterocycles. The van der Waals surface area contributed by atoms with E-state index in [2.05, 4.69) is 116 Å². The van der Waals surface area contributed by atoms with E-state index in [-0.39, 0.29) is 5.92 Å². The molecule has 0 fully saturated rings. The lowest BCUT2D eigenvalue weighted by molar-refractivity contribution is 0.694. The van der Waals surface area contributed by atoms with Gasteiger partial charge in [-0.1, -0.05) is 122 Å². The van der Waals surface area contributed by atoms with Crippen molar-refractivity contribution in [3.05, 3.63) is 156 Å². The molecule has 0 radical (unpaired) electrons. The fourth-order valence-corrected chi connectivity index (χ4v) is 7.96. The Morgan fingerprint density at radius 2 is 1.08 bits per heavy atom. The molecule has 5 aromatic carbocycles. The summed E-state index contributed by atoms with van der Waals surface area (Å²) in [6, 6.07) is 46.7. The first kappa shape index (κ1) is 28.4. The Labute approximate surface area is 282 Å². The Kier molecular flexibility index (Phi) is 6.98. The number of hydrogen-bond donors (Lipinski definition) is 0. The molecule has 3 aromatic heterocycles. The van der Waals surface area contributed by atoms with Crippen LogP contribution in [0, 0.1) is 5.92 Å². The van der Waals surface area contributed by atoms with Gasteiger partial charge in [-0.25, -0.2) is 19.9 Å². The lowest BCUT2D eigenvalue weighted by Gasteiger charge is -2.23. The zero-order valence-electron chi connectivity index (χ0n) is 26.3. The van der Waals surface area contributed by atoms with Gasteiger partial charge in [0.25, 0.3) is 4.83 Å². The molecule has 0 amide bonds. The van der Waals surface area contributed by atoms with Crippen LogP contribution < -0.4 is 10.4 Å². The van der Waals surface area contributed by atoms with Gasteiger partial charge in [-0.05, 0) is 69.2 Å². The van der Waals surface area contributed by atoms with Crippen LogP contribution in [0.3, 0.4) is 0 Å². The smallest absolute Gasteiger partial charge is 0.208 e. The van der Waals surface area contributed by atoms with Gasteiger partial charge in [0.1, 0.15) is 0 Å². The third-order valence-electron chi connectivity index (χ3n) is 9.28. The maximum absolute atomic E-state index is 5.11. The molecule has 8 aromatic rings. The van der Waals surface area contributed by atoms with Crippen molar-refractivity contribution < 1.29 is 0 Å². The van der Waals surface area contributed by atoms with Gasteiger partial charge in [0, 0.05) is 39.8 Å². The van der Waals surface area contributed by atoms with Crippen molar-refractivity contribution in [1.82, 2.24) is 19.9 Å². The molecule has 5 heteroatoms. The minimum atomic E-state index is 0.184. The fraction of sp³-hybridized carbons (Fsp3) is 0.0698. The van der Waals surface area contributed by atoms with E-state index in [1.54, 1.807) is 0 Å². The van der Waals surface area contributed by atoms with Crippen LogP contribution in [0.25, 0.3) is 77.7 Å². The van der Waals surface area contributed by atoms with E-state index in [0.29, 0.717) is 23.4 Å². The number of benzene rings is 5. The van der Waals surface area contributed by atoms with E-state index >= 15 is 0 Å². The molecule has 0 N–H and O–H groups in total. The molecule has 1 aliphatic rings. The molecule has 3 heterocycles. The third-order valence-corrected chi connectivity index (χ3v) is 10.5. The molecule has 48 heavy (non-hydrogen) atoms. The molecule has 0 aliphatic heterocycles. The number of hydrogen-bond acceptors (Lipinski definition) is 4. The average Bonchev–Trinajstić information content (AvgIpc) is 3.53. The summed E-state index contributed by atoms with van der Waals surface area (Å²) in [6.45, 7) is 2.31. The highest BCUT2D eigenvalue weighted by atomic mass is 32.1. The number of pyridine rings is 1. The second kappa shape index (κ2) is 11.8. The molecular weight excluding hydrogens is 605 g/mol. The summed E-state index contributed by atoms with van der Waals surface area (Å²) in [6.07, 6.45) is 6.83. The molecule has 0 spiro atoms. The van der Waals surface area contributed by atoms with Crippen molar-refractivity contribution in [2.45, 2.75) is 12.8 Å². The standard InChI is InChI=1S/C43H30N4S/c1-27-20-30-16-8-9-17-31(30)24-37(27)33-21-32(35-25-38-36-18-10-11-19-39(36)48-43(38)44-26-35)22-34(23-33)42-46-40(28-12-4-2-5-13-28)45-41(47-42)29-14-6-3-7-15-29/h2-27,37H,1H3/p+1. The summed E-state index contributed by atoms with van der Waals surface area (Å²) in [5, 5.41) is 5.02. The maximum atomic E-state index is 5.11. The lowest BCUT2D eigenvalue weighted by atomic mass is 9.81. The van der Waals surface area contributed by atoms with Gasteiger partial charge in [0.05, 0.1) is 5.39 Å². The van der Waals surface area contributed by atoms with E-state index in [4.69, 9.17) is 19.9 Å². The van der Waals surface area contributed by atoms with Gasteiger partial charge in [-0.3, -0.25) is 0 Å². The summed E-state index contributed by atoms with van der Waals surface area (Å²) < 4.78 is 1.30. The van der Waals surface area contributed by atoms with Crippen LogP contribution in [0.4, 0.5) is 0 Å². The minimum Gasteiger partial charge on any atom is -0.208 e. The van der Waals surface area contributed by atoms with Crippen LogP contribution in [0.15, 0.2) is 140 Å². The summed E-state index contributed by atoms with van der Waals surface area (Å²) in [5.74, 6) is 2.45. The summed E-state index contributed by atoms with van der Waals surface area (Å²) >= 11 is 1.16. The van der Waals surface area contributed by atoms with Crippen LogP contribution in [0.1, 0.15) is 18.4 Å². The largest absolute Gasteiger partial charge is 0.272 e. The maximum Gasteiger partial charge on any atom is 0.272 e. The van der Waals surface area contributed by atoms with E-state index < -0.39 is 0 Å². The van der Waals surface area contributed by atoms with Gasteiger partial charge in [-0.15, -0.1) is 0 Å². The van der Waals surface area contributed by atoms with Crippen LogP contribution in [-0.4, -0.2) is 19.9 Å². The van der Waals surface area contributed by atoms with Gasteiger partial charge in [0.15, 0.2) is 22.2 Å². The molecule has 2 unspecified atom stereocenters. The molecule has 9 rings (SSSR count). The number of nitrogens with zero attached hydrogens (tertiary/aromatic N) is 4. The Morgan fingerprint density at radius 3 is 1.79 bits per heavy atom. The highest BCUT2D eigenvalue weighted by Gasteiger charge is 2.22. The Hall–Kier alpha value is -5.78. The molecule has 0 saturated carbocycles. The molecule has 2 atom stereocenters. The van der Waals surface area contributed by atoms with Gasteiger partial charge in [0.2, 0.25) is 0 Å². The number of rotatable bonds is 5. The molecule has 0 bridgehead atoms. The predicted molar refractivity (Wildman–Crippen MR) is 200 cm³/mol. The highest BCUT2D eigenvalue weighted by molar-refractivity contribution is 7.25. The third kappa shape index (κ3) is 5.19. The normalized spacial score (nSPS) is 15.5. The van der Waals surface area contributed by atoms with E-state index in [9.17, 15) is 0 Å². The second-order valence-corrected chi connectivity index (χ2v) is 13.6. The van der Waals surface area contributed by atoms with Crippen molar-refractivity contribution in [2.75, 3.05) is 0 Å². The van der Waals surface area contributed by atoms with Crippen LogP contribution >= 0.6 is 11.3 Å². The Bertz CT molecular complexity index is 2540. The van der Waals surface area contributed by atoms with Gasteiger partial charge in [-0.2, -0.15) is 0 Å². The summed E-state index contributed by atoms with van der Waals surface area (Å²) in [7, 11) is 0. The van der Waals surface area contributed by atoms with Crippen molar-refractivity contribution in [3.8, 4) is 45.3 Å². The van der Waals surface area contributed by atoms with Crippen molar-refractivity contribution in [1.29, 1.82) is 0 Å². The molecule has 1 aliphatic carbocycles. The Morgan fingerprint density at radius 1 is 0.500 bits per heavy atom. The first-order chi connectivity index (χ1) is 23.7. The quantitative estimate of drug-likeness (QED) is 0.177. The number of thiophene rings is 1. The zero-order chi connectivity index (χ0) is 32.0. The summed E-state index contributed by atoms with van der Waals surface area (Å²) in [5.41, 5.74) is 6.27. The zero-order valence-corrected chi connectivity index (χ0v) is 27.2. The topological polar surface area (TPSA) is 51.6 Å². The predicted octanol–water partition coefficient (Wildman–Crippen LogP) is 9.03. The van der Waals surface area contributed by atoms with Crippen molar-refractivity contribution >= 4 is 43.8 Å². The van der Waals surface area contributed by atoms with Gasteiger partial charge < -0.3 is 0 Å². The number of aromatic nitrogens is 4. The first-order valence-corrected chi connectivity index (χ1v) is 17.2. The molecule has 4 nitrogen and oxygen atoms in total. The SMILES string of the molecule is CC1C=c2ccccc2=CC1c1cc(-c2cnc3[sH+]c4ccccc4c3c2)cc(-c2nc(-c3ccccc3)nc(-c3ccccc3)n2)c1. The lowest BCUT2D eigenvalue weighted by Crippen LogP contribution is -2.31. The van der Waals surface area contributed by atoms with E-state index in [1.807, 2.05) is 42.6 Å². The van der Waals surface area contributed by atoms with E-state index in [1.165, 1.54) is 31.5 Å². The average molecular weight is 636 g/mol. The van der Waals surface area contributed by atoms with Gasteiger partial charge >= 0.3 is 0 Å².